The van der Waals surface area contributed by atoms with Crippen LogP contribution in [0.5, 0.6) is 0 Å². The lowest BCUT2D eigenvalue weighted by Crippen LogP contribution is -1.93. The van der Waals surface area contributed by atoms with Gasteiger partial charge in [-0.2, -0.15) is 0 Å². The highest BCUT2D eigenvalue weighted by atomic mass is 31.1. The molecule has 0 aliphatic carbocycles. The Bertz CT molecular complexity index is 99.5. The summed E-state index contributed by atoms with van der Waals surface area (Å²) in [7, 11) is -1.72. The van der Waals surface area contributed by atoms with Crippen LogP contribution in [-0.4, -0.2) is 26.0 Å². The summed E-state index contributed by atoms with van der Waals surface area (Å²) in [5.74, 6) is 0. The van der Waals surface area contributed by atoms with E-state index in [0.717, 1.165) is 6.61 Å². The van der Waals surface area contributed by atoms with Gasteiger partial charge in [0, 0.05) is 6.66 Å². The van der Waals surface area contributed by atoms with Crippen molar-refractivity contribution in [2.24, 2.45) is 0 Å². The van der Waals surface area contributed by atoms with E-state index in [2.05, 4.69) is 0 Å². The van der Waals surface area contributed by atoms with Crippen molar-refractivity contribution in [3.63, 3.8) is 0 Å². The molecule has 0 saturated carbocycles. The number of epoxide rings is 1. The van der Waals surface area contributed by atoms with E-state index in [1.807, 2.05) is 0 Å². The highest BCUT2D eigenvalue weighted by Crippen LogP contribution is 2.19. The largest absolute Gasteiger partial charge is 0.371 e. The lowest BCUT2D eigenvalue weighted by Gasteiger charge is -1.92. The Morgan fingerprint density at radius 2 is 2.62 bits per heavy atom. The zero-order valence-electron chi connectivity index (χ0n) is 4.72. The summed E-state index contributed by atoms with van der Waals surface area (Å²) in [6.45, 7) is 2.86. The molecule has 4 heteroatoms. The van der Waals surface area contributed by atoms with Crippen LogP contribution < -0.4 is 0 Å². The van der Waals surface area contributed by atoms with E-state index in [-0.39, 0.29) is 6.10 Å². The van der Waals surface area contributed by atoms with E-state index in [1.165, 1.54) is 0 Å². The molecule has 0 N–H and O–H groups in total. The van der Waals surface area contributed by atoms with Gasteiger partial charge in [-0.1, -0.05) is 0 Å². The van der Waals surface area contributed by atoms with Gasteiger partial charge in [0.2, 0.25) is 0 Å². The topological polar surface area (TPSA) is 38.8 Å². The van der Waals surface area contributed by atoms with Crippen molar-refractivity contribution in [3.05, 3.63) is 0 Å². The zero-order chi connectivity index (χ0) is 5.98. The Morgan fingerprint density at radius 1 is 2.00 bits per heavy atom. The monoisotopic (exact) mass is 136 g/mol. The Hall–Kier alpha value is 0.150. The smallest absolute Gasteiger partial charge is 0.188 e. The third kappa shape index (κ3) is 2.46. The fourth-order valence-corrected chi connectivity index (χ4v) is 0.795. The molecule has 2 atom stereocenters. The predicted molar refractivity (Wildman–Crippen MR) is 30.6 cm³/mol. The van der Waals surface area contributed by atoms with Crippen molar-refractivity contribution >= 4 is 8.03 Å². The van der Waals surface area contributed by atoms with Gasteiger partial charge >= 0.3 is 0 Å². The van der Waals surface area contributed by atoms with Crippen molar-refractivity contribution in [1.82, 2.24) is 0 Å². The fraction of sp³-hybridized carbons (Fsp3) is 1.00. The molecule has 0 aromatic carbocycles. The molecule has 3 nitrogen and oxygen atoms in total. The Labute approximate surface area is 48.8 Å². The Balaban J connectivity index is 1.95. The van der Waals surface area contributed by atoms with Crippen LogP contribution in [0.3, 0.4) is 0 Å². The molecular weight excluding hydrogens is 127 g/mol. The third-order valence-corrected chi connectivity index (χ3v) is 1.45. The second-order valence-electron chi connectivity index (χ2n) is 1.76. The van der Waals surface area contributed by atoms with E-state index in [9.17, 15) is 4.57 Å². The Morgan fingerprint density at radius 3 is 3.00 bits per heavy atom. The minimum absolute atomic E-state index is 0.240. The standard InChI is InChI=1S/C4H9O3P/c1-8(5)7-3-4-2-6-4/h4,8H,2-3H2,1H3. The summed E-state index contributed by atoms with van der Waals surface area (Å²) in [5.41, 5.74) is 0. The van der Waals surface area contributed by atoms with Crippen molar-refractivity contribution in [3.8, 4) is 0 Å². The third-order valence-electron chi connectivity index (χ3n) is 0.875. The molecule has 0 spiro atoms. The molecule has 0 aromatic rings. The van der Waals surface area contributed by atoms with E-state index >= 15 is 0 Å². The van der Waals surface area contributed by atoms with E-state index in [4.69, 9.17) is 9.26 Å². The van der Waals surface area contributed by atoms with Crippen LogP contribution in [0.2, 0.25) is 0 Å². The number of ether oxygens (including phenoxy) is 1. The van der Waals surface area contributed by atoms with Gasteiger partial charge < -0.3 is 9.26 Å². The molecule has 1 rings (SSSR count). The molecule has 1 fully saturated rings. The maximum atomic E-state index is 10.3. The summed E-state index contributed by atoms with van der Waals surface area (Å²) in [6, 6.07) is 0. The maximum Gasteiger partial charge on any atom is 0.188 e. The molecule has 0 amide bonds. The van der Waals surface area contributed by atoms with Crippen LogP contribution >= 0.6 is 8.03 Å². The fourth-order valence-electron chi connectivity index (χ4n) is 0.375. The van der Waals surface area contributed by atoms with E-state index in [1.54, 1.807) is 6.66 Å². The average molecular weight is 136 g/mol. The predicted octanol–water partition coefficient (Wildman–Crippen LogP) is 0.506. The highest BCUT2D eigenvalue weighted by molar-refractivity contribution is 7.38. The van der Waals surface area contributed by atoms with Crippen LogP contribution in [0, 0.1) is 0 Å². The summed E-state index contributed by atoms with van der Waals surface area (Å²) >= 11 is 0. The van der Waals surface area contributed by atoms with Crippen molar-refractivity contribution in [2.45, 2.75) is 6.10 Å². The summed E-state index contributed by atoms with van der Waals surface area (Å²) < 4.78 is 19.9. The number of hydrogen-bond donors (Lipinski definition) is 0. The zero-order valence-corrected chi connectivity index (χ0v) is 5.72. The highest BCUT2D eigenvalue weighted by Gasteiger charge is 2.22. The molecule has 0 radical (unpaired) electrons. The van der Waals surface area contributed by atoms with E-state index < -0.39 is 8.03 Å². The molecule has 8 heavy (non-hydrogen) atoms. The maximum absolute atomic E-state index is 10.3. The number of rotatable bonds is 3. The minimum atomic E-state index is -1.72. The van der Waals surface area contributed by atoms with Crippen LogP contribution in [-0.2, 0) is 13.8 Å². The molecule has 2 unspecified atom stereocenters. The van der Waals surface area contributed by atoms with Gasteiger partial charge in [0.1, 0.15) is 6.10 Å². The van der Waals surface area contributed by atoms with Gasteiger partial charge in [0.05, 0.1) is 13.2 Å². The molecule has 0 aromatic heterocycles. The molecule has 0 bridgehead atoms. The quantitative estimate of drug-likeness (QED) is 0.419. The second-order valence-corrected chi connectivity index (χ2v) is 3.03. The van der Waals surface area contributed by atoms with Gasteiger partial charge in [-0.25, -0.2) is 0 Å². The molecule has 1 aliphatic heterocycles. The minimum Gasteiger partial charge on any atom is -0.371 e. The van der Waals surface area contributed by atoms with Crippen LogP contribution in [0.25, 0.3) is 0 Å². The first kappa shape index (κ1) is 6.27. The van der Waals surface area contributed by atoms with Gasteiger partial charge in [0.25, 0.3) is 0 Å². The normalized spacial score (nSPS) is 29.9. The molecule has 1 heterocycles. The summed E-state index contributed by atoms with van der Waals surface area (Å²) in [4.78, 5) is 0. The van der Waals surface area contributed by atoms with Crippen LogP contribution in [0.1, 0.15) is 0 Å². The molecule has 1 aliphatic rings. The first-order valence-corrected chi connectivity index (χ1v) is 4.35. The molecule has 1 saturated heterocycles. The van der Waals surface area contributed by atoms with Gasteiger partial charge in [-0.15, -0.1) is 0 Å². The lowest BCUT2D eigenvalue weighted by atomic mass is 10.5. The Kier molecular flexibility index (Phi) is 2.06. The van der Waals surface area contributed by atoms with Crippen LogP contribution in [0.4, 0.5) is 0 Å². The second kappa shape index (κ2) is 2.62. The first-order chi connectivity index (χ1) is 3.79. The molecular formula is C4H9O3P. The summed E-state index contributed by atoms with van der Waals surface area (Å²) in [5, 5.41) is 0. The van der Waals surface area contributed by atoms with Gasteiger partial charge in [-0.3, -0.25) is 4.57 Å². The van der Waals surface area contributed by atoms with E-state index in [0.29, 0.717) is 6.61 Å². The van der Waals surface area contributed by atoms with Crippen molar-refractivity contribution in [1.29, 1.82) is 0 Å². The lowest BCUT2D eigenvalue weighted by molar-refractivity contribution is 0.274. The van der Waals surface area contributed by atoms with Crippen molar-refractivity contribution in [2.75, 3.05) is 19.9 Å². The van der Waals surface area contributed by atoms with Crippen molar-refractivity contribution < 1.29 is 13.8 Å². The SMILES string of the molecule is C[PH](=O)OCC1CO1. The van der Waals surface area contributed by atoms with Gasteiger partial charge in [0.15, 0.2) is 8.03 Å². The van der Waals surface area contributed by atoms with Crippen LogP contribution in [0.15, 0.2) is 0 Å². The average Bonchev–Trinajstić information content (AvgIpc) is 2.41. The molecule has 48 valence electrons. The summed E-state index contributed by atoms with van der Waals surface area (Å²) in [6.07, 6.45) is 0.240. The number of hydrogen-bond acceptors (Lipinski definition) is 3. The van der Waals surface area contributed by atoms with Gasteiger partial charge in [-0.05, 0) is 0 Å². The first-order valence-electron chi connectivity index (χ1n) is 2.54.